The van der Waals surface area contributed by atoms with Crippen LogP contribution in [-0.4, -0.2) is 4.57 Å². The lowest BCUT2D eigenvalue weighted by Gasteiger charge is -2.11. The van der Waals surface area contributed by atoms with Crippen molar-refractivity contribution in [2.45, 2.75) is 0 Å². The number of benzene rings is 6. The van der Waals surface area contributed by atoms with E-state index in [4.69, 9.17) is 4.42 Å². The molecular weight excluding hydrogens is 540 g/mol. The highest BCUT2D eigenvalue weighted by Gasteiger charge is 2.18. The number of rotatable bonds is 3. The fraction of sp³-hybridized carbons (Fsp3) is 0. The van der Waals surface area contributed by atoms with Crippen LogP contribution in [0.4, 0.5) is 0 Å². The number of hydrogen-bond acceptors (Lipinski definition) is 4. The summed E-state index contributed by atoms with van der Waals surface area (Å²) >= 11 is 0. The fourth-order valence-electron chi connectivity index (χ4n) is 6.36. The second-order valence-corrected chi connectivity index (χ2v) is 10.7. The maximum absolute atomic E-state index is 9.91. The zero-order valence-corrected chi connectivity index (χ0v) is 23.2. The van der Waals surface area contributed by atoms with Gasteiger partial charge in [-0.3, -0.25) is 0 Å². The van der Waals surface area contributed by atoms with Gasteiger partial charge in [0.2, 0.25) is 0 Å². The van der Waals surface area contributed by atoms with E-state index >= 15 is 0 Å². The first-order valence-corrected chi connectivity index (χ1v) is 14.1. The molecule has 5 nitrogen and oxygen atoms in total. The van der Waals surface area contributed by atoms with Crippen LogP contribution in [0.2, 0.25) is 0 Å². The number of nitriles is 3. The van der Waals surface area contributed by atoms with Gasteiger partial charge in [-0.25, -0.2) is 0 Å². The molecule has 0 aliphatic heterocycles. The van der Waals surface area contributed by atoms with Crippen molar-refractivity contribution in [1.82, 2.24) is 4.57 Å². The lowest BCUT2D eigenvalue weighted by atomic mass is 9.94. The molecule has 6 aromatic carbocycles. The van der Waals surface area contributed by atoms with E-state index in [9.17, 15) is 15.8 Å². The van der Waals surface area contributed by atoms with Crippen molar-refractivity contribution < 1.29 is 4.42 Å². The first-order valence-electron chi connectivity index (χ1n) is 14.1. The first kappa shape index (κ1) is 25.1. The molecule has 8 rings (SSSR count). The minimum atomic E-state index is 0.452. The molecule has 0 bridgehead atoms. The third-order valence-corrected chi connectivity index (χ3v) is 8.34. The predicted octanol–water partition coefficient (Wildman–Crippen LogP) is 9.63. The fourth-order valence-corrected chi connectivity index (χ4v) is 6.36. The first-order chi connectivity index (χ1) is 21.7. The molecule has 0 aliphatic carbocycles. The minimum Gasteiger partial charge on any atom is -0.456 e. The molecule has 5 heteroatoms. The Morgan fingerprint density at radius 2 is 1.18 bits per heavy atom. The van der Waals surface area contributed by atoms with Gasteiger partial charge in [0, 0.05) is 32.8 Å². The van der Waals surface area contributed by atoms with Gasteiger partial charge in [-0.2, -0.15) is 15.8 Å². The molecule has 0 aliphatic rings. The van der Waals surface area contributed by atoms with E-state index in [1.807, 2.05) is 54.6 Å². The molecule has 0 radical (unpaired) electrons. The maximum atomic E-state index is 9.91. The van der Waals surface area contributed by atoms with Crippen LogP contribution in [0.3, 0.4) is 0 Å². The summed E-state index contributed by atoms with van der Waals surface area (Å²) in [6.07, 6.45) is 0. The predicted molar refractivity (Wildman–Crippen MR) is 173 cm³/mol. The summed E-state index contributed by atoms with van der Waals surface area (Å²) < 4.78 is 8.34. The topological polar surface area (TPSA) is 89.4 Å². The van der Waals surface area contributed by atoms with Gasteiger partial charge in [-0.15, -0.1) is 0 Å². The third kappa shape index (κ3) is 3.70. The average Bonchev–Trinajstić information content (AvgIpc) is 3.62. The number of nitrogens with zero attached hydrogens (tertiary/aromatic N) is 4. The molecule has 2 aromatic heterocycles. The van der Waals surface area contributed by atoms with Crippen molar-refractivity contribution >= 4 is 43.7 Å². The highest BCUT2D eigenvalue weighted by molar-refractivity contribution is 6.12. The smallest absolute Gasteiger partial charge is 0.135 e. The van der Waals surface area contributed by atoms with Crippen molar-refractivity contribution in [3.8, 4) is 46.1 Å². The normalized spacial score (nSPS) is 11.1. The van der Waals surface area contributed by atoms with E-state index in [0.29, 0.717) is 22.3 Å². The Kier molecular flexibility index (Phi) is 5.56. The van der Waals surface area contributed by atoms with Crippen molar-refractivity contribution in [3.05, 3.63) is 138 Å². The molecule has 0 saturated heterocycles. The molecule has 44 heavy (non-hydrogen) atoms. The van der Waals surface area contributed by atoms with E-state index in [0.717, 1.165) is 66.1 Å². The van der Waals surface area contributed by atoms with Crippen LogP contribution in [-0.2, 0) is 0 Å². The summed E-state index contributed by atoms with van der Waals surface area (Å²) in [4.78, 5) is 0. The highest BCUT2D eigenvalue weighted by atomic mass is 16.3. The summed E-state index contributed by atoms with van der Waals surface area (Å²) in [5.74, 6) is 0. The van der Waals surface area contributed by atoms with Gasteiger partial charge in [-0.05, 0) is 77.4 Å². The van der Waals surface area contributed by atoms with E-state index in [-0.39, 0.29) is 0 Å². The summed E-state index contributed by atoms with van der Waals surface area (Å²) in [6, 6.07) is 46.3. The van der Waals surface area contributed by atoms with Gasteiger partial charge in [-0.1, -0.05) is 60.7 Å². The monoisotopic (exact) mass is 560 g/mol. The van der Waals surface area contributed by atoms with Crippen molar-refractivity contribution in [3.63, 3.8) is 0 Å². The van der Waals surface area contributed by atoms with Crippen molar-refractivity contribution in [1.29, 1.82) is 15.8 Å². The van der Waals surface area contributed by atoms with Gasteiger partial charge < -0.3 is 8.98 Å². The second kappa shape index (κ2) is 9.74. The molecule has 0 atom stereocenters. The van der Waals surface area contributed by atoms with Crippen LogP contribution in [0.1, 0.15) is 16.7 Å². The van der Waals surface area contributed by atoms with Crippen LogP contribution >= 0.6 is 0 Å². The summed E-state index contributed by atoms with van der Waals surface area (Å²) in [6.45, 7) is 0. The van der Waals surface area contributed by atoms with E-state index in [2.05, 4.69) is 71.3 Å². The van der Waals surface area contributed by atoms with Gasteiger partial charge in [0.05, 0.1) is 45.9 Å². The molecule has 0 N–H and O–H groups in total. The summed E-state index contributed by atoms with van der Waals surface area (Å²) in [5.41, 5.74) is 9.31. The highest BCUT2D eigenvalue weighted by Crippen LogP contribution is 2.40. The quantitative estimate of drug-likeness (QED) is 0.215. The molecule has 8 aromatic rings. The molecule has 0 spiro atoms. The van der Waals surface area contributed by atoms with Crippen LogP contribution in [0.5, 0.6) is 0 Å². The zero-order chi connectivity index (χ0) is 29.8. The summed E-state index contributed by atoms with van der Waals surface area (Å²) in [7, 11) is 0. The Hall–Kier alpha value is -6.61. The Morgan fingerprint density at radius 3 is 2.00 bits per heavy atom. The van der Waals surface area contributed by atoms with Crippen LogP contribution in [0.25, 0.3) is 71.7 Å². The maximum Gasteiger partial charge on any atom is 0.135 e. The van der Waals surface area contributed by atoms with Crippen molar-refractivity contribution in [2.75, 3.05) is 0 Å². The number of aromatic nitrogens is 1. The van der Waals surface area contributed by atoms with E-state index in [1.165, 1.54) is 0 Å². The molecule has 0 unspecified atom stereocenters. The number of hydrogen-bond donors (Lipinski definition) is 0. The lowest BCUT2D eigenvalue weighted by Crippen LogP contribution is -1.95. The van der Waals surface area contributed by atoms with Crippen LogP contribution in [0.15, 0.2) is 126 Å². The SMILES string of the molecule is N#Cc1ccccc1-c1ccc2c(c1)c1ccc(-c3c(C#N)cccc3C#N)cc1n2-c1ccc2oc3ccccc3c2c1. The second-order valence-electron chi connectivity index (χ2n) is 10.7. The van der Waals surface area contributed by atoms with Crippen LogP contribution < -0.4 is 0 Å². The van der Waals surface area contributed by atoms with E-state index in [1.54, 1.807) is 18.2 Å². The lowest BCUT2D eigenvalue weighted by molar-refractivity contribution is 0.669. The van der Waals surface area contributed by atoms with Gasteiger partial charge in [0.15, 0.2) is 0 Å². The molecule has 0 saturated carbocycles. The Bertz CT molecular complexity index is 2570. The third-order valence-electron chi connectivity index (χ3n) is 8.34. The van der Waals surface area contributed by atoms with E-state index < -0.39 is 0 Å². The standard InChI is InChI=1S/C39H20N4O/c40-21-26-6-1-2-9-30(26)24-13-16-35-33(18-24)31-15-12-25(39-27(22-41)7-5-8-28(39)23-42)19-36(31)43(35)29-14-17-38-34(20-29)32-10-3-4-11-37(32)44-38/h1-20H. The Labute approximate surface area is 252 Å². The van der Waals surface area contributed by atoms with Crippen LogP contribution in [0, 0.1) is 34.0 Å². The zero-order valence-electron chi connectivity index (χ0n) is 23.2. The molecule has 202 valence electrons. The Balaban J connectivity index is 1.46. The Morgan fingerprint density at radius 1 is 0.477 bits per heavy atom. The summed E-state index contributed by atoms with van der Waals surface area (Å²) in [5, 5.41) is 33.7. The minimum absolute atomic E-state index is 0.452. The number of para-hydroxylation sites is 1. The van der Waals surface area contributed by atoms with Gasteiger partial charge in [0.1, 0.15) is 11.2 Å². The molecule has 2 heterocycles. The molecule has 0 amide bonds. The largest absolute Gasteiger partial charge is 0.456 e. The molecular formula is C39H20N4O. The average molecular weight is 561 g/mol. The number of furan rings is 1. The van der Waals surface area contributed by atoms with Gasteiger partial charge in [0.25, 0.3) is 0 Å². The number of fused-ring (bicyclic) bond motifs is 6. The van der Waals surface area contributed by atoms with Gasteiger partial charge >= 0.3 is 0 Å². The van der Waals surface area contributed by atoms with Crippen molar-refractivity contribution in [2.24, 2.45) is 0 Å². The molecule has 0 fully saturated rings.